The first-order valence-corrected chi connectivity index (χ1v) is 6.80. The van der Waals surface area contributed by atoms with Gasteiger partial charge in [0.1, 0.15) is 5.75 Å². The normalized spacial score (nSPS) is 10.8. The minimum absolute atomic E-state index is 0.431. The fourth-order valence-electron chi connectivity index (χ4n) is 1.82. The van der Waals surface area contributed by atoms with Crippen molar-refractivity contribution in [1.82, 2.24) is 0 Å². The summed E-state index contributed by atoms with van der Waals surface area (Å²) in [5, 5.41) is 9.16. The van der Waals surface area contributed by atoms with Crippen LogP contribution in [0, 0.1) is 13.8 Å². The Morgan fingerprint density at radius 2 is 1.95 bits per heavy atom. The number of carboxylic acid groups (broad SMARTS) is 1. The molecule has 108 valence electrons. The lowest BCUT2D eigenvalue weighted by Gasteiger charge is -2.12. The first kappa shape index (κ1) is 15.1. The fourth-order valence-corrected chi connectivity index (χ4v) is 2.04. The number of rotatable bonds is 4. The highest BCUT2D eigenvalue weighted by Crippen LogP contribution is 2.34. The number of ether oxygens (including phenoxy) is 1. The van der Waals surface area contributed by atoms with Crippen LogP contribution in [0.15, 0.2) is 42.5 Å². The minimum atomic E-state index is -1.02. The van der Waals surface area contributed by atoms with Crippen LogP contribution < -0.4 is 4.74 Å². The summed E-state index contributed by atoms with van der Waals surface area (Å²) in [6, 6.07) is 10.9. The van der Waals surface area contributed by atoms with Crippen LogP contribution in [0.1, 0.15) is 16.7 Å². The third-order valence-corrected chi connectivity index (χ3v) is 3.40. The molecule has 0 amide bonds. The van der Waals surface area contributed by atoms with Crippen molar-refractivity contribution in [2.24, 2.45) is 0 Å². The van der Waals surface area contributed by atoms with Crippen LogP contribution in [0.25, 0.3) is 6.08 Å². The van der Waals surface area contributed by atoms with E-state index in [1.165, 1.54) is 11.6 Å². The molecule has 2 rings (SSSR count). The van der Waals surface area contributed by atoms with Crippen LogP contribution in [0.3, 0.4) is 0 Å². The van der Waals surface area contributed by atoms with Gasteiger partial charge in [0.05, 0.1) is 5.02 Å². The van der Waals surface area contributed by atoms with Crippen LogP contribution >= 0.6 is 11.6 Å². The van der Waals surface area contributed by atoms with Gasteiger partial charge in [-0.15, -0.1) is 0 Å². The summed E-state index contributed by atoms with van der Waals surface area (Å²) in [5.41, 5.74) is 2.90. The summed E-state index contributed by atoms with van der Waals surface area (Å²) in [7, 11) is 0. The van der Waals surface area contributed by atoms with Crippen molar-refractivity contribution in [3.05, 3.63) is 64.2 Å². The second kappa shape index (κ2) is 6.46. The second-order valence-corrected chi connectivity index (χ2v) is 5.09. The first-order valence-electron chi connectivity index (χ1n) is 6.42. The van der Waals surface area contributed by atoms with Gasteiger partial charge in [-0.1, -0.05) is 29.8 Å². The van der Waals surface area contributed by atoms with Gasteiger partial charge in [-0.25, -0.2) is 4.79 Å². The Hall–Kier alpha value is -2.26. The lowest BCUT2D eigenvalue weighted by Crippen LogP contribution is -1.92. The molecule has 4 heteroatoms. The molecule has 21 heavy (non-hydrogen) atoms. The minimum Gasteiger partial charge on any atom is -0.478 e. The highest BCUT2D eigenvalue weighted by atomic mass is 35.5. The number of halogens is 1. The van der Waals surface area contributed by atoms with E-state index < -0.39 is 5.97 Å². The van der Waals surface area contributed by atoms with E-state index in [0.29, 0.717) is 22.1 Å². The molecular weight excluding hydrogens is 288 g/mol. The molecule has 0 saturated carbocycles. The molecule has 2 aromatic carbocycles. The molecule has 0 aliphatic heterocycles. The van der Waals surface area contributed by atoms with Crippen LogP contribution in [0.4, 0.5) is 0 Å². The average Bonchev–Trinajstić information content (AvgIpc) is 2.43. The quantitative estimate of drug-likeness (QED) is 0.821. The Morgan fingerprint density at radius 1 is 1.19 bits per heavy atom. The topological polar surface area (TPSA) is 46.5 Å². The van der Waals surface area contributed by atoms with Crippen LogP contribution in [-0.2, 0) is 4.79 Å². The highest BCUT2D eigenvalue weighted by molar-refractivity contribution is 6.32. The molecule has 0 heterocycles. The zero-order valence-electron chi connectivity index (χ0n) is 11.8. The SMILES string of the molecule is Cc1ccc(Oc2c(Cl)cccc2/C=C/C(=O)O)cc1C. The lowest BCUT2D eigenvalue weighted by atomic mass is 10.1. The molecule has 0 bridgehead atoms. The second-order valence-electron chi connectivity index (χ2n) is 4.68. The van der Waals surface area contributed by atoms with E-state index in [2.05, 4.69) is 0 Å². The average molecular weight is 303 g/mol. The van der Waals surface area contributed by atoms with Crippen molar-refractivity contribution in [3.8, 4) is 11.5 Å². The summed E-state index contributed by atoms with van der Waals surface area (Å²) in [5.74, 6) is 0.0863. The summed E-state index contributed by atoms with van der Waals surface area (Å²) in [6.45, 7) is 4.02. The van der Waals surface area contributed by atoms with Gasteiger partial charge in [-0.2, -0.15) is 0 Å². The number of benzene rings is 2. The van der Waals surface area contributed by atoms with Gasteiger partial charge in [0.15, 0.2) is 5.75 Å². The van der Waals surface area contributed by atoms with Crippen LogP contribution in [-0.4, -0.2) is 11.1 Å². The predicted octanol–water partition coefficient (Wildman–Crippen LogP) is 4.85. The third kappa shape index (κ3) is 3.86. The molecule has 0 aliphatic carbocycles. The van der Waals surface area contributed by atoms with Crippen molar-refractivity contribution in [3.63, 3.8) is 0 Å². The van der Waals surface area contributed by atoms with Gasteiger partial charge in [-0.05, 0) is 49.2 Å². The number of aryl methyl sites for hydroxylation is 2. The standard InChI is InChI=1S/C17H15ClO3/c1-11-6-8-14(10-12(11)2)21-17-13(7-9-16(19)20)4-3-5-15(17)18/h3-10H,1-2H3,(H,19,20)/b9-7+. The summed E-state index contributed by atoms with van der Waals surface area (Å²) in [6.07, 6.45) is 2.52. The molecule has 0 aliphatic rings. The van der Waals surface area contributed by atoms with Gasteiger partial charge in [0.25, 0.3) is 0 Å². The van der Waals surface area contributed by atoms with Crippen molar-refractivity contribution in [1.29, 1.82) is 0 Å². The molecular formula is C17H15ClO3. The maximum Gasteiger partial charge on any atom is 0.328 e. The third-order valence-electron chi connectivity index (χ3n) is 3.10. The maximum atomic E-state index is 10.6. The lowest BCUT2D eigenvalue weighted by molar-refractivity contribution is -0.131. The van der Waals surface area contributed by atoms with Gasteiger partial charge in [-0.3, -0.25) is 0 Å². The van der Waals surface area contributed by atoms with Gasteiger partial charge in [0.2, 0.25) is 0 Å². The van der Waals surface area contributed by atoms with Crippen molar-refractivity contribution >= 4 is 23.6 Å². The number of hydrogen-bond donors (Lipinski definition) is 1. The first-order chi connectivity index (χ1) is 9.97. The zero-order chi connectivity index (χ0) is 15.4. The monoisotopic (exact) mass is 302 g/mol. The Balaban J connectivity index is 2.38. The van der Waals surface area contributed by atoms with E-state index >= 15 is 0 Å². The number of carboxylic acids is 1. The van der Waals surface area contributed by atoms with E-state index in [4.69, 9.17) is 21.4 Å². The molecule has 0 spiro atoms. The largest absolute Gasteiger partial charge is 0.478 e. The Bertz CT molecular complexity index is 705. The van der Waals surface area contributed by atoms with E-state index in [0.717, 1.165) is 11.6 Å². The fraction of sp³-hybridized carbons (Fsp3) is 0.118. The van der Waals surface area contributed by atoms with Crippen LogP contribution in [0.2, 0.25) is 5.02 Å². The van der Waals surface area contributed by atoms with E-state index in [9.17, 15) is 4.79 Å². The molecule has 0 atom stereocenters. The Morgan fingerprint density at radius 3 is 2.62 bits per heavy atom. The molecule has 0 aromatic heterocycles. The number of para-hydroxylation sites is 1. The molecule has 3 nitrogen and oxygen atoms in total. The van der Waals surface area contributed by atoms with Gasteiger partial charge in [0, 0.05) is 11.6 Å². The van der Waals surface area contributed by atoms with Gasteiger partial charge < -0.3 is 9.84 Å². The van der Waals surface area contributed by atoms with Crippen LogP contribution in [0.5, 0.6) is 11.5 Å². The highest BCUT2D eigenvalue weighted by Gasteiger charge is 2.08. The van der Waals surface area contributed by atoms with Crippen molar-refractivity contribution in [2.45, 2.75) is 13.8 Å². The molecule has 2 aromatic rings. The zero-order valence-corrected chi connectivity index (χ0v) is 12.5. The number of aliphatic carboxylic acids is 1. The summed E-state index contributed by atoms with van der Waals surface area (Å²) < 4.78 is 5.83. The molecule has 1 N–H and O–H groups in total. The Labute approximate surface area is 128 Å². The number of carbonyl (C=O) groups is 1. The van der Waals surface area contributed by atoms with Gasteiger partial charge >= 0.3 is 5.97 Å². The molecule has 0 radical (unpaired) electrons. The summed E-state index contributed by atoms with van der Waals surface area (Å²) >= 11 is 6.16. The maximum absolute atomic E-state index is 10.6. The van der Waals surface area contributed by atoms with Crippen molar-refractivity contribution in [2.75, 3.05) is 0 Å². The Kier molecular flexibility index (Phi) is 4.66. The molecule has 0 fully saturated rings. The van der Waals surface area contributed by atoms with Crippen molar-refractivity contribution < 1.29 is 14.6 Å². The van der Waals surface area contributed by atoms with E-state index in [-0.39, 0.29) is 0 Å². The van der Waals surface area contributed by atoms with E-state index in [1.54, 1.807) is 18.2 Å². The van der Waals surface area contributed by atoms with E-state index in [1.807, 2.05) is 32.0 Å². The predicted molar refractivity (Wildman–Crippen MR) is 84.1 cm³/mol. The smallest absolute Gasteiger partial charge is 0.328 e. The molecule has 0 saturated heterocycles. The number of hydrogen-bond acceptors (Lipinski definition) is 2. The molecule has 0 unspecified atom stereocenters. The summed E-state index contributed by atoms with van der Waals surface area (Å²) in [4.78, 5) is 10.6.